The van der Waals surface area contributed by atoms with E-state index in [2.05, 4.69) is 5.10 Å². The van der Waals surface area contributed by atoms with Crippen molar-refractivity contribution in [1.82, 2.24) is 9.78 Å². The Balaban J connectivity index is 2.34. The van der Waals surface area contributed by atoms with Crippen LogP contribution in [0.5, 0.6) is 5.75 Å². The van der Waals surface area contributed by atoms with Gasteiger partial charge in [-0.25, -0.2) is 0 Å². The number of aryl methyl sites for hydroxylation is 1. The summed E-state index contributed by atoms with van der Waals surface area (Å²) in [5.41, 5.74) is 2.98. The van der Waals surface area contributed by atoms with Gasteiger partial charge >= 0.3 is 0 Å². The fraction of sp³-hybridized carbons (Fsp3) is 0.0714. The van der Waals surface area contributed by atoms with Crippen molar-refractivity contribution in [2.45, 2.75) is 0 Å². The van der Waals surface area contributed by atoms with Gasteiger partial charge in [-0.3, -0.25) is 4.68 Å². The van der Waals surface area contributed by atoms with Crippen molar-refractivity contribution in [2.75, 3.05) is 0 Å². The maximum absolute atomic E-state index is 9.57. The molecule has 0 unspecified atom stereocenters. The zero-order chi connectivity index (χ0) is 11.8. The molecule has 3 heteroatoms. The molecule has 0 saturated carbocycles. The fourth-order valence-electron chi connectivity index (χ4n) is 2.06. The van der Waals surface area contributed by atoms with Crippen LogP contribution in [0.2, 0.25) is 0 Å². The van der Waals surface area contributed by atoms with Crippen LogP contribution < -0.4 is 0 Å². The summed E-state index contributed by atoms with van der Waals surface area (Å²) in [5, 5.41) is 15.1. The van der Waals surface area contributed by atoms with Crippen molar-refractivity contribution in [2.24, 2.45) is 7.05 Å². The Labute approximate surface area is 98.9 Å². The summed E-state index contributed by atoms with van der Waals surface area (Å²) in [6.07, 6.45) is 0. The molecule has 0 spiro atoms. The Kier molecular flexibility index (Phi) is 2.11. The summed E-state index contributed by atoms with van der Waals surface area (Å²) < 4.78 is 1.83. The number of phenols is 1. The topological polar surface area (TPSA) is 38.0 Å². The maximum Gasteiger partial charge on any atom is 0.116 e. The van der Waals surface area contributed by atoms with Crippen LogP contribution >= 0.6 is 0 Å². The lowest BCUT2D eigenvalue weighted by Crippen LogP contribution is -1.89. The summed E-state index contributed by atoms with van der Waals surface area (Å²) in [5.74, 6) is 0.266. The lowest BCUT2D eigenvalue weighted by atomic mass is 10.1. The smallest absolute Gasteiger partial charge is 0.116 e. The lowest BCUT2D eigenvalue weighted by molar-refractivity contribution is 0.476. The quantitative estimate of drug-likeness (QED) is 0.690. The number of benzene rings is 2. The van der Waals surface area contributed by atoms with E-state index in [9.17, 15) is 5.11 Å². The molecule has 1 aromatic heterocycles. The average molecular weight is 224 g/mol. The number of fused-ring (bicyclic) bond motifs is 1. The molecule has 3 aromatic rings. The van der Waals surface area contributed by atoms with Gasteiger partial charge in [0, 0.05) is 18.0 Å². The number of hydrogen-bond donors (Lipinski definition) is 1. The van der Waals surface area contributed by atoms with E-state index in [1.54, 1.807) is 12.1 Å². The number of rotatable bonds is 1. The van der Waals surface area contributed by atoms with E-state index in [0.29, 0.717) is 0 Å². The van der Waals surface area contributed by atoms with Crippen molar-refractivity contribution in [3.8, 4) is 17.0 Å². The van der Waals surface area contributed by atoms with Gasteiger partial charge in [0.2, 0.25) is 0 Å². The molecule has 17 heavy (non-hydrogen) atoms. The highest BCUT2D eigenvalue weighted by atomic mass is 16.3. The molecule has 3 nitrogen and oxygen atoms in total. The first-order valence-electron chi connectivity index (χ1n) is 5.47. The second-order valence-electron chi connectivity index (χ2n) is 4.04. The third kappa shape index (κ3) is 1.56. The highest BCUT2D eigenvalue weighted by molar-refractivity contribution is 5.94. The van der Waals surface area contributed by atoms with E-state index < -0.39 is 0 Å². The molecule has 0 radical (unpaired) electrons. The van der Waals surface area contributed by atoms with E-state index in [1.165, 1.54) is 0 Å². The Morgan fingerprint density at radius 1 is 1.06 bits per heavy atom. The Hall–Kier alpha value is -2.29. The predicted molar refractivity (Wildman–Crippen MR) is 67.8 cm³/mol. The molecule has 0 amide bonds. The first-order chi connectivity index (χ1) is 8.25. The number of aromatic nitrogens is 2. The molecule has 3 rings (SSSR count). The normalized spacial score (nSPS) is 10.9. The number of nitrogens with zero attached hydrogens (tertiary/aromatic N) is 2. The molecule has 0 saturated heterocycles. The molecule has 2 aromatic carbocycles. The SMILES string of the molecule is Cn1nc(-c2ccccc2)c2cc(O)ccc21. The standard InChI is InChI=1S/C14H12N2O/c1-16-13-8-7-11(17)9-12(13)14(15-16)10-5-3-2-4-6-10/h2-9,17H,1H3. The molecular weight excluding hydrogens is 212 g/mol. The number of hydrogen-bond acceptors (Lipinski definition) is 2. The van der Waals surface area contributed by atoms with Crippen molar-refractivity contribution in [3.05, 3.63) is 48.5 Å². The van der Waals surface area contributed by atoms with Crippen molar-refractivity contribution < 1.29 is 5.11 Å². The second-order valence-corrected chi connectivity index (χ2v) is 4.04. The Morgan fingerprint density at radius 2 is 1.82 bits per heavy atom. The van der Waals surface area contributed by atoms with E-state index in [4.69, 9.17) is 0 Å². The Morgan fingerprint density at radius 3 is 2.59 bits per heavy atom. The van der Waals surface area contributed by atoms with Crippen LogP contribution in [0.1, 0.15) is 0 Å². The van der Waals surface area contributed by atoms with Crippen LogP contribution in [-0.2, 0) is 7.05 Å². The number of aromatic hydroxyl groups is 1. The van der Waals surface area contributed by atoms with Crippen LogP contribution in [0.3, 0.4) is 0 Å². The maximum atomic E-state index is 9.57. The van der Waals surface area contributed by atoms with Gasteiger partial charge in [-0.2, -0.15) is 5.10 Å². The third-order valence-electron chi connectivity index (χ3n) is 2.88. The van der Waals surface area contributed by atoms with Crippen LogP contribution in [0.25, 0.3) is 22.2 Å². The van der Waals surface area contributed by atoms with Gasteiger partial charge in [-0.1, -0.05) is 30.3 Å². The van der Waals surface area contributed by atoms with Crippen LogP contribution in [0, 0.1) is 0 Å². The monoisotopic (exact) mass is 224 g/mol. The third-order valence-corrected chi connectivity index (χ3v) is 2.88. The van der Waals surface area contributed by atoms with Gasteiger partial charge in [0.15, 0.2) is 0 Å². The van der Waals surface area contributed by atoms with Crippen molar-refractivity contribution in [3.63, 3.8) is 0 Å². The van der Waals surface area contributed by atoms with Gasteiger partial charge in [0.25, 0.3) is 0 Å². The molecular formula is C14H12N2O. The fourth-order valence-corrected chi connectivity index (χ4v) is 2.06. The van der Waals surface area contributed by atoms with Crippen molar-refractivity contribution >= 4 is 10.9 Å². The van der Waals surface area contributed by atoms with Gasteiger partial charge in [0.1, 0.15) is 11.4 Å². The zero-order valence-corrected chi connectivity index (χ0v) is 9.46. The van der Waals surface area contributed by atoms with Crippen LogP contribution in [-0.4, -0.2) is 14.9 Å². The van der Waals surface area contributed by atoms with Gasteiger partial charge in [-0.05, 0) is 18.2 Å². The summed E-state index contributed by atoms with van der Waals surface area (Å²) in [6.45, 7) is 0. The minimum Gasteiger partial charge on any atom is -0.508 e. The van der Waals surface area contributed by atoms with Gasteiger partial charge in [0.05, 0.1) is 5.52 Å². The van der Waals surface area contributed by atoms with E-state index >= 15 is 0 Å². The average Bonchev–Trinajstić information content (AvgIpc) is 2.67. The molecule has 0 aliphatic carbocycles. The second kappa shape index (κ2) is 3.63. The number of phenolic OH excluding ortho intramolecular Hbond substituents is 1. The lowest BCUT2D eigenvalue weighted by Gasteiger charge is -1.97. The van der Waals surface area contributed by atoms with E-state index in [-0.39, 0.29) is 5.75 Å². The molecule has 0 bridgehead atoms. The van der Waals surface area contributed by atoms with E-state index in [0.717, 1.165) is 22.2 Å². The Bertz CT molecular complexity index is 671. The van der Waals surface area contributed by atoms with Gasteiger partial charge in [-0.15, -0.1) is 0 Å². The van der Waals surface area contributed by atoms with Crippen molar-refractivity contribution in [1.29, 1.82) is 0 Å². The predicted octanol–water partition coefficient (Wildman–Crippen LogP) is 2.95. The minimum atomic E-state index is 0.266. The molecule has 84 valence electrons. The van der Waals surface area contributed by atoms with Crippen LogP contribution in [0.4, 0.5) is 0 Å². The molecule has 1 N–H and O–H groups in total. The largest absolute Gasteiger partial charge is 0.508 e. The first-order valence-corrected chi connectivity index (χ1v) is 5.47. The minimum absolute atomic E-state index is 0.266. The first kappa shape index (κ1) is 9.90. The molecule has 0 aliphatic heterocycles. The molecule has 0 aliphatic rings. The van der Waals surface area contributed by atoms with E-state index in [1.807, 2.05) is 48.1 Å². The summed E-state index contributed by atoms with van der Waals surface area (Å²) in [7, 11) is 1.91. The van der Waals surface area contributed by atoms with Crippen LogP contribution in [0.15, 0.2) is 48.5 Å². The summed E-state index contributed by atoms with van der Waals surface area (Å²) in [4.78, 5) is 0. The molecule has 0 atom stereocenters. The highest BCUT2D eigenvalue weighted by Gasteiger charge is 2.10. The van der Waals surface area contributed by atoms with Gasteiger partial charge < -0.3 is 5.11 Å². The molecule has 1 heterocycles. The summed E-state index contributed by atoms with van der Waals surface area (Å²) >= 11 is 0. The molecule has 0 fully saturated rings. The summed E-state index contributed by atoms with van der Waals surface area (Å²) in [6, 6.07) is 15.3. The highest BCUT2D eigenvalue weighted by Crippen LogP contribution is 2.29. The zero-order valence-electron chi connectivity index (χ0n) is 9.46.